The Morgan fingerprint density at radius 2 is 2.50 bits per heavy atom. The molecule has 3 atom stereocenters. The molecule has 1 aliphatic heterocycles. The smallest absolute Gasteiger partial charge is 0.225 e. The third-order valence-electron chi connectivity index (χ3n) is 2.48. The summed E-state index contributed by atoms with van der Waals surface area (Å²) in [5.74, 6) is 1.07. The van der Waals surface area contributed by atoms with E-state index in [9.17, 15) is 4.79 Å². The van der Waals surface area contributed by atoms with Crippen LogP contribution < -0.4 is 5.32 Å². The van der Waals surface area contributed by atoms with Gasteiger partial charge in [-0.3, -0.25) is 4.79 Å². The van der Waals surface area contributed by atoms with Crippen molar-refractivity contribution in [1.82, 2.24) is 5.32 Å². The second kappa shape index (κ2) is 1.84. The van der Waals surface area contributed by atoms with Crippen molar-refractivity contribution in [3.05, 3.63) is 12.2 Å². The molecule has 1 aliphatic carbocycles. The minimum atomic E-state index is 0.237. The summed E-state index contributed by atoms with van der Waals surface area (Å²) in [7, 11) is 0. The van der Waals surface area contributed by atoms with Crippen molar-refractivity contribution in [2.45, 2.75) is 19.4 Å². The average Bonchev–Trinajstić information content (AvgIpc) is 1.91. The Labute approximate surface area is 60.3 Å². The van der Waals surface area contributed by atoms with Crippen molar-refractivity contribution >= 4 is 5.91 Å². The second-order valence-electron chi connectivity index (χ2n) is 3.16. The van der Waals surface area contributed by atoms with Crippen LogP contribution in [-0.2, 0) is 4.79 Å². The van der Waals surface area contributed by atoms with Crippen LogP contribution in [0.4, 0.5) is 0 Å². The van der Waals surface area contributed by atoms with E-state index in [0.29, 0.717) is 17.9 Å². The topological polar surface area (TPSA) is 29.1 Å². The average molecular weight is 137 g/mol. The van der Waals surface area contributed by atoms with Crippen LogP contribution in [0.2, 0.25) is 0 Å². The summed E-state index contributed by atoms with van der Waals surface area (Å²) >= 11 is 0. The molecule has 2 heteroatoms. The fourth-order valence-corrected chi connectivity index (χ4v) is 1.75. The highest BCUT2D eigenvalue weighted by molar-refractivity contribution is 5.86. The Morgan fingerprint density at radius 3 is 3.10 bits per heavy atom. The highest BCUT2D eigenvalue weighted by Gasteiger charge is 2.42. The molecule has 3 unspecified atom stereocenters. The van der Waals surface area contributed by atoms with Gasteiger partial charge in [0, 0.05) is 6.04 Å². The van der Waals surface area contributed by atoms with E-state index >= 15 is 0 Å². The van der Waals surface area contributed by atoms with E-state index in [-0.39, 0.29) is 5.91 Å². The molecule has 2 aliphatic rings. The van der Waals surface area contributed by atoms with Crippen LogP contribution in [0.1, 0.15) is 13.3 Å². The highest BCUT2D eigenvalue weighted by atomic mass is 16.2. The van der Waals surface area contributed by atoms with E-state index in [1.807, 2.05) is 0 Å². The van der Waals surface area contributed by atoms with E-state index in [4.69, 9.17) is 0 Å². The fourth-order valence-electron chi connectivity index (χ4n) is 1.75. The highest BCUT2D eigenvalue weighted by Crippen LogP contribution is 2.30. The van der Waals surface area contributed by atoms with Gasteiger partial charge >= 0.3 is 0 Å². The van der Waals surface area contributed by atoms with Gasteiger partial charge in [0.15, 0.2) is 0 Å². The van der Waals surface area contributed by atoms with Crippen LogP contribution in [0.25, 0.3) is 0 Å². The van der Waals surface area contributed by atoms with Crippen molar-refractivity contribution in [2.24, 2.45) is 11.8 Å². The Kier molecular flexibility index (Phi) is 1.10. The SMILES string of the molecule is CC1C=CCC2C(=O)NC12. The lowest BCUT2D eigenvalue weighted by Crippen LogP contribution is -2.61. The zero-order chi connectivity index (χ0) is 7.14. The maximum Gasteiger partial charge on any atom is 0.225 e. The van der Waals surface area contributed by atoms with Gasteiger partial charge in [-0.1, -0.05) is 19.1 Å². The van der Waals surface area contributed by atoms with Crippen LogP contribution in [-0.4, -0.2) is 11.9 Å². The quantitative estimate of drug-likeness (QED) is 0.386. The van der Waals surface area contributed by atoms with Crippen molar-refractivity contribution in [3.63, 3.8) is 0 Å². The molecule has 0 aromatic carbocycles. The van der Waals surface area contributed by atoms with E-state index in [1.165, 1.54) is 0 Å². The van der Waals surface area contributed by atoms with Gasteiger partial charge in [-0.05, 0) is 12.3 Å². The van der Waals surface area contributed by atoms with Crippen molar-refractivity contribution in [1.29, 1.82) is 0 Å². The van der Waals surface area contributed by atoms with E-state index in [1.54, 1.807) is 0 Å². The molecule has 0 aromatic heterocycles. The first-order chi connectivity index (χ1) is 4.79. The van der Waals surface area contributed by atoms with Gasteiger partial charge in [0.1, 0.15) is 0 Å². The lowest BCUT2D eigenvalue weighted by molar-refractivity contribution is -0.136. The second-order valence-corrected chi connectivity index (χ2v) is 3.16. The number of allylic oxidation sites excluding steroid dienone is 1. The lowest BCUT2D eigenvalue weighted by atomic mass is 9.76. The summed E-state index contributed by atoms with van der Waals surface area (Å²) < 4.78 is 0. The number of nitrogens with one attached hydrogen (secondary N) is 1. The van der Waals surface area contributed by atoms with Gasteiger partial charge in [0.25, 0.3) is 0 Å². The molecule has 1 heterocycles. The van der Waals surface area contributed by atoms with Crippen molar-refractivity contribution < 1.29 is 4.79 Å². The lowest BCUT2D eigenvalue weighted by Gasteiger charge is -2.41. The minimum Gasteiger partial charge on any atom is -0.352 e. The zero-order valence-corrected chi connectivity index (χ0v) is 6.00. The minimum absolute atomic E-state index is 0.237. The van der Waals surface area contributed by atoms with Crippen LogP contribution in [0.5, 0.6) is 0 Å². The number of β-lactam (4-membered cyclic amide) rings is 1. The first-order valence-corrected chi connectivity index (χ1v) is 3.76. The standard InChI is InChI=1S/C8H11NO/c1-5-3-2-4-6-7(5)9-8(6)10/h2-3,5-7H,4H2,1H3,(H,9,10). The number of rotatable bonds is 0. The maximum absolute atomic E-state index is 10.9. The molecule has 10 heavy (non-hydrogen) atoms. The van der Waals surface area contributed by atoms with E-state index < -0.39 is 0 Å². The molecule has 0 spiro atoms. The van der Waals surface area contributed by atoms with Gasteiger partial charge in [0.2, 0.25) is 5.91 Å². The summed E-state index contributed by atoms with van der Waals surface area (Å²) in [6, 6.07) is 0.442. The normalized spacial score (nSPS) is 43.7. The molecule has 1 saturated heterocycles. The first kappa shape index (κ1) is 5.96. The maximum atomic E-state index is 10.9. The fraction of sp³-hybridized carbons (Fsp3) is 0.625. The molecule has 0 bridgehead atoms. The Morgan fingerprint density at radius 1 is 1.70 bits per heavy atom. The van der Waals surface area contributed by atoms with Crippen molar-refractivity contribution in [2.75, 3.05) is 0 Å². The Hall–Kier alpha value is -0.790. The number of hydrogen-bond donors (Lipinski definition) is 1. The van der Waals surface area contributed by atoms with E-state index in [0.717, 1.165) is 6.42 Å². The molecule has 0 saturated carbocycles. The Balaban J connectivity index is 2.16. The summed E-state index contributed by atoms with van der Waals surface area (Å²) in [4.78, 5) is 10.9. The largest absolute Gasteiger partial charge is 0.352 e. The van der Waals surface area contributed by atoms with Crippen molar-refractivity contribution in [3.8, 4) is 0 Å². The third-order valence-corrected chi connectivity index (χ3v) is 2.48. The third kappa shape index (κ3) is 0.618. The molecular weight excluding hydrogens is 126 g/mol. The predicted molar refractivity (Wildman–Crippen MR) is 38.3 cm³/mol. The summed E-state index contributed by atoms with van der Waals surface area (Å²) in [5, 5.41) is 2.90. The molecule has 1 amide bonds. The summed E-state index contributed by atoms with van der Waals surface area (Å²) in [6.45, 7) is 2.15. The van der Waals surface area contributed by atoms with Crippen LogP contribution in [0, 0.1) is 11.8 Å². The molecular formula is C8H11NO. The van der Waals surface area contributed by atoms with Gasteiger partial charge < -0.3 is 5.32 Å². The molecule has 2 rings (SSSR count). The van der Waals surface area contributed by atoms with Gasteiger partial charge in [0.05, 0.1) is 5.92 Å². The molecule has 1 N–H and O–H groups in total. The summed E-state index contributed by atoms with van der Waals surface area (Å²) in [5.41, 5.74) is 0. The Bertz CT molecular complexity index is 197. The molecule has 1 fully saturated rings. The number of amides is 1. The molecule has 0 radical (unpaired) electrons. The predicted octanol–water partition coefficient (Wildman–Crippen LogP) is 0.697. The van der Waals surface area contributed by atoms with Crippen LogP contribution >= 0.6 is 0 Å². The summed E-state index contributed by atoms with van der Waals surface area (Å²) in [6.07, 6.45) is 5.24. The van der Waals surface area contributed by atoms with Gasteiger partial charge in [-0.15, -0.1) is 0 Å². The molecule has 54 valence electrons. The zero-order valence-electron chi connectivity index (χ0n) is 6.00. The number of fused-ring (bicyclic) bond motifs is 1. The van der Waals surface area contributed by atoms with Gasteiger partial charge in [-0.2, -0.15) is 0 Å². The van der Waals surface area contributed by atoms with Gasteiger partial charge in [-0.25, -0.2) is 0 Å². The molecule has 2 nitrogen and oxygen atoms in total. The number of hydrogen-bond acceptors (Lipinski definition) is 1. The van der Waals surface area contributed by atoms with Crippen LogP contribution in [0.3, 0.4) is 0 Å². The monoisotopic (exact) mass is 137 g/mol. The van der Waals surface area contributed by atoms with E-state index in [2.05, 4.69) is 24.4 Å². The van der Waals surface area contributed by atoms with Crippen LogP contribution in [0.15, 0.2) is 12.2 Å². The number of carbonyl (C=O) groups excluding carboxylic acids is 1. The number of carbonyl (C=O) groups is 1. The first-order valence-electron chi connectivity index (χ1n) is 3.76. The molecule has 0 aromatic rings.